The van der Waals surface area contributed by atoms with E-state index in [0.717, 1.165) is 24.5 Å². The van der Waals surface area contributed by atoms with Crippen molar-refractivity contribution in [2.75, 3.05) is 18.0 Å². The number of hydrogen-bond acceptors (Lipinski definition) is 3. The van der Waals surface area contributed by atoms with Crippen LogP contribution in [0.2, 0.25) is 0 Å². The molecule has 0 bridgehead atoms. The smallest absolute Gasteiger partial charge is 0.371 e. The highest BCUT2D eigenvalue weighted by atomic mass is 19.4. The van der Waals surface area contributed by atoms with Gasteiger partial charge in [-0.25, -0.2) is 0 Å². The fraction of sp³-hybridized carbons (Fsp3) is 0.412. The van der Waals surface area contributed by atoms with Crippen molar-refractivity contribution in [3.05, 3.63) is 47.3 Å². The Labute approximate surface area is 138 Å². The summed E-state index contributed by atoms with van der Waals surface area (Å²) in [6, 6.07) is 5.56. The van der Waals surface area contributed by atoms with E-state index in [0.29, 0.717) is 24.7 Å². The Morgan fingerprint density at radius 3 is 2.79 bits per heavy atom. The average Bonchev–Trinajstić information content (AvgIpc) is 3.15. The van der Waals surface area contributed by atoms with E-state index in [1.54, 1.807) is 16.8 Å². The topological polar surface area (TPSA) is 44.9 Å². The van der Waals surface area contributed by atoms with Crippen LogP contribution in [-0.2, 0) is 19.6 Å². The molecule has 0 amide bonds. The SMILES string of the molecule is Cn1cc(CC2CCN(c3ccc(C#N)c(C(F)(F)F)c3)C2)cn1. The molecule has 1 atom stereocenters. The number of alkyl halides is 3. The van der Waals surface area contributed by atoms with Crippen molar-refractivity contribution in [1.29, 1.82) is 5.26 Å². The molecule has 2 aromatic rings. The molecule has 1 aromatic carbocycles. The lowest BCUT2D eigenvalue weighted by molar-refractivity contribution is -0.137. The number of nitriles is 1. The van der Waals surface area contributed by atoms with E-state index in [9.17, 15) is 13.2 Å². The highest BCUT2D eigenvalue weighted by Gasteiger charge is 2.34. The summed E-state index contributed by atoms with van der Waals surface area (Å²) in [6.07, 6.45) is 1.07. The number of aromatic nitrogens is 2. The lowest BCUT2D eigenvalue weighted by atomic mass is 10.0. The average molecular weight is 334 g/mol. The van der Waals surface area contributed by atoms with Gasteiger partial charge in [0.25, 0.3) is 0 Å². The number of rotatable bonds is 3. The standard InChI is InChI=1S/C17H17F3N4/c1-23-10-13(9-22-23)6-12-4-5-24(11-12)15-3-2-14(8-21)16(7-15)17(18,19)20/h2-3,7,9-10,12H,4-6,11H2,1H3. The zero-order valence-electron chi connectivity index (χ0n) is 13.2. The normalized spacial score (nSPS) is 18.0. The molecule has 1 saturated heterocycles. The fourth-order valence-electron chi connectivity index (χ4n) is 3.21. The largest absolute Gasteiger partial charge is 0.417 e. The van der Waals surface area contributed by atoms with Gasteiger partial charge in [-0.05, 0) is 42.5 Å². The van der Waals surface area contributed by atoms with Crippen molar-refractivity contribution < 1.29 is 13.2 Å². The molecule has 4 nitrogen and oxygen atoms in total. The van der Waals surface area contributed by atoms with Crippen LogP contribution in [-0.4, -0.2) is 22.9 Å². The number of anilines is 1. The molecule has 3 rings (SSSR count). The maximum Gasteiger partial charge on any atom is 0.417 e. The second-order valence-corrected chi connectivity index (χ2v) is 6.17. The van der Waals surface area contributed by atoms with Crippen molar-refractivity contribution in [2.45, 2.75) is 19.0 Å². The summed E-state index contributed by atoms with van der Waals surface area (Å²) >= 11 is 0. The van der Waals surface area contributed by atoms with Gasteiger partial charge in [-0.3, -0.25) is 4.68 Å². The van der Waals surface area contributed by atoms with Crippen molar-refractivity contribution >= 4 is 5.69 Å². The minimum atomic E-state index is -4.52. The van der Waals surface area contributed by atoms with Gasteiger partial charge in [0, 0.05) is 32.0 Å². The highest BCUT2D eigenvalue weighted by molar-refractivity contribution is 5.55. The predicted molar refractivity (Wildman–Crippen MR) is 83.4 cm³/mol. The first-order valence-corrected chi connectivity index (χ1v) is 7.70. The summed E-state index contributed by atoms with van der Waals surface area (Å²) in [5.74, 6) is 0.388. The minimum Gasteiger partial charge on any atom is -0.371 e. The van der Waals surface area contributed by atoms with Crippen LogP contribution in [0.5, 0.6) is 0 Å². The summed E-state index contributed by atoms with van der Waals surface area (Å²) < 4.78 is 41.0. The second kappa shape index (κ2) is 6.19. The van der Waals surface area contributed by atoms with Gasteiger partial charge >= 0.3 is 6.18 Å². The van der Waals surface area contributed by atoms with Crippen LogP contribution in [0.1, 0.15) is 23.1 Å². The molecular weight excluding hydrogens is 317 g/mol. The Hall–Kier alpha value is -2.49. The number of halogens is 3. The molecular formula is C17H17F3N4. The molecule has 7 heteroatoms. The lowest BCUT2D eigenvalue weighted by Gasteiger charge is -2.20. The first-order chi connectivity index (χ1) is 11.4. The fourth-order valence-corrected chi connectivity index (χ4v) is 3.21. The van der Waals surface area contributed by atoms with E-state index < -0.39 is 11.7 Å². The Morgan fingerprint density at radius 1 is 1.38 bits per heavy atom. The third kappa shape index (κ3) is 3.37. The molecule has 24 heavy (non-hydrogen) atoms. The van der Waals surface area contributed by atoms with E-state index >= 15 is 0 Å². The van der Waals surface area contributed by atoms with Gasteiger partial charge in [0.05, 0.1) is 23.4 Å². The molecule has 0 radical (unpaired) electrons. The van der Waals surface area contributed by atoms with Crippen LogP contribution >= 0.6 is 0 Å². The van der Waals surface area contributed by atoms with Crippen LogP contribution in [0.4, 0.5) is 18.9 Å². The molecule has 1 aromatic heterocycles. The van der Waals surface area contributed by atoms with Gasteiger partial charge in [0.2, 0.25) is 0 Å². The molecule has 0 N–H and O–H groups in total. The van der Waals surface area contributed by atoms with Gasteiger partial charge < -0.3 is 4.90 Å². The maximum atomic E-state index is 13.1. The Kier molecular flexibility index (Phi) is 4.22. The quantitative estimate of drug-likeness (QED) is 0.864. The van der Waals surface area contributed by atoms with Crippen LogP contribution in [0.15, 0.2) is 30.6 Å². The summed E-state index contributed by atoms with van der Waals surface area (Å²) in [7, 11) is 1.86. The van der Waals surface area contributed by atoms with Crippen molar-refractivity contribution in [3.63, 3.8) is 0 Å². The van der Waals surface area contributed by atoms with Crippen LogP contribution in [0.25, 0.3) is 0 Å². The number of aryl methyl sites for hydroxylation is 1. The molecule has 1 aliphatic heterocycles. The molecule has 1 unspecified atom stereocenters. The second-order valence-electron chi connectivity index (χ2n) is 6.17. The molecule has 2 heterocycles. The monoisotopic (exact) mass is 334 g/mol. The zero-order valence-corrected chi connectivity index (χ0v) is 13.2. The van der Waals surface area contributed by atoms with Crippen molar-refractivity contribution in [3.8, 4) is 6.07 Å². The molecule has 0 spiro atoms. The molecule has 1 aliphatic rings. The minimum absolute atomic E-state index is 0.336. The zero-order chi connectivity index (χ0) is 17.3. The number of nitrogens with zero attached hydrogens (tertiary/aromatic N) is 4. The third-order valence-electron chi connectivity index (χ3n) is 4.36. The van der Waals surface area contributed by atoms with E-state index in [4.69, 9.17) is 5.26 Å². The molecule has 1 fully saturated rings. The first kappa shape index (κ1) is 16.4. The van der Waals surface area contributed by atoms with Crippen LogP contribution in [0.3, 0.4) is 0 Å². The Balaban J connectivity index is 1.75. The van der Waals surface area contributed by atoms with Crippen molar-refractivity contribution in [2.24, 2.45) is 13.0 Å². The lowest BCUT2D eigenvalue weighted by Crippen LogP contribution is -2.21. The van der Waals surface area contributed by atoms with Gasteiger partial charge in [0.1, 0.15) is 0 Å². The number of benzene rings is 1. The maximum absolute atomic E-state index is 13.1. The molecule has 0 saturated carbocycles. The number of hydrogen-bond donors (Lipinski definition) is 0. The van der Waals surface area contributed by atoms with Crippen LogP contribution < -0.4 is 4.90 Å². The summed E-state index contributed by atoms with van der Waals surface area (Å²) in [4.78, 5) is 1.96. The van der Waals surface area contributed by atoms with Gasteiger partial charge in [-0.15, -0.1) is 0 Å². The Morgan fingerprint density at radius 2 is 2.17 bits per heavy atom. The third-order valence-corrected chi connectivity index (χ3v) is 4.36. The van der Waals surface area contributed by atoms with E-state index in [1.165, 1.54) is 6.07 Å². The van der Waals surface area contributed by atoms with E-state index in [1.807, 2.05) is 24.3 Å². The highest BCUT2D eigenvalue weighted by Crippen LogP contribution is 2.35. The first-order valence-electron chi connectivity index (χ1n) is 7.70. The Bertz CT molecular complexity index is 773. The van der Waals surface area contributed by atoms with E-state index in [2.05, 4.69) is 5.10 Å². The van der Waals surface area contributed by atoms with Gasteiger partial charge in [0.15, 0.2) is 0 Å². The molecule has 126 valence electrons. The van der Waals surface area contributed by atoms with Gasteiger partial charge in [-0.2, -0.15) is 23.5 Å². The van der Waals surface area contributed by atoms with E-state index in [-0.39, 0.29) is 5.56 Å². The van der Waals surface area contributed by atoms with Crippen LogP contribution in [0, 0.1) is 17.2 Å². The van der Waals surface area contributed by atoms with Crippen molar-refractivity contribution in [1.82, 2.24) is 9.78 Å². The summed E-state index contributed by atoms with van der Waals surface area (Å²) in [5, 5.41) is 13.0. The molecule has 0 aliphatic carbocycles. The van der Waals surface area contributed by atoms with Gasteiger partial charge in [-0.1, -0.05) is 0 Å². The predicted octanol–water partition coefficient (Wildman–Crippen LogP) is 3.38. The summed E-state index contributed by atoms with van der Waals surface area (Å²) in [6.45, 7) is 1.42. The summed E-state index contributed by atoms with van der Waals surface area (Å²) in [5.41, 5.74) is 0.464.